The van der Waals surface area contributed by atoms with E-state index in [0.29, 0.717) is 0 Å². The molecular weight excluding hydrogens is 188 g/mol. The minimum Gasteiger partial charge on any atom is -0.399 e. The van der Waals surface area contributed by atoms with Crippen molar-refractivity contribution in [3.05, 3.63) is 36.0 Å². The molecule has 1 heterocycles. The number of aromatic amines is 1. The van der Waals surface area contributed by atoms with Crippen molar-refractivity contribution >= 4 is 5.69 Å². The summed E-state index contributed by atoms with van der Waals surface area (Å²) >= 11 is 0. The first-order valence-corrected chi connectivity index (χ1v) is 4.84. The summed E-state index contributed by atoms with van der Waals surface area (Å²) in [7, 11) is 1.91. The van der Waals surface area contributed by atoms with E-state index in [1.54, 1.807) is 0 Å². The molecule has 1 aromatic heterocycles. The summed E-state index contributed by atoms with van der Waals surface area (Å²) in [5.41, 5.74) is 9.48. The van der Waals surface area contributed by atoms with Gasteiger partial charge in [-0.2, -0.15) is 5.10 Å². The van der Waals surface area contributed by atoms with Crippen molar-refractivity contribution in [1.29, 1.82) is 0 Å². The molecule has 0 amide bonds. The van der Waals surface area contributed by atoms with Gasteiger partial charge in [-0.3, -0.25) is 5.10 Å². The predicted molar refractivity (Wildman–Crippen MR) is 61.2 cm³/mol. The van der Waals surface area contributed by atoms with Crippen LogP contribution >= 0.6 is 0 Å². The van der Waals surface area contributed by atoms with Crippen molar-refractivity contribution in [2.24, 2.45) is 0 Å². The molecule has 4 nitrogen and oxygen atoms in total. The summed E-state index contributed by atoms with van der Waals surface area (Å²) in [6.07, 6.45) is 0. The molecule has 0 aliphatic rings. The summed E-state index contributed by atoms with van der Waals surface area (Å²) in [4.78, 5) is 0. The van der Waals surface area contributed by atoms with E-state index in [1.165, 1.54) is 0 Å². The van der Waals surface area contributed by atoms with Crippen molar-refractivity contribution in [3.8, 4) is 11.3 Å². The smallest absolute Gasteiger partial charge is 0.0924 e. The van der Waals surface area contributed by atoms with Gasteiger partial charge in [-0.25, -0.2) is 0 Å². The lowest BCUT2D eigenvalue weighted by Crippen LogP contribution is -2.04. The van der Waals surface area contributed by atoms with Gasteiger partial charge in [0.25, 0.3) is 0 Å². The number of aromatic nitrogens is 2. The molecule has 1 aromatic carbocycles. The van der Waals surface area contributed by atoms with Crippen LogP contribution in [0.25, 0.3) is 11.3 Å². The zero-order chi connectivity index (χ0) is 10.7. The quantitative estimate of drug-likeness (QED) is 0.659. The number of hydrogen-bond acceptors (Lipinski definition) is 3. The second kappa shape index (κ2) is 4.14. The molecule has 0 fully saturated rings. The van der Waals surface area contributed by atoms with Crippen LogP contribution in [-0.2, 0) is 6.54 Å². The fraction of sp³-hybridized carbons (Fsp3) is 0.182. The van der Waals surface area contributed by atoms with E-state index in [1.807, 2.05) is 37.4 Å². The van der Waals surface area contributed by atoms with Crippen LogP contribution in [0.5, 0.6) is 0 Å². The van der Waals surface area contributed by atoms with Crippen molar-refractivity contribution in [1.82, 2.24) is 15.5 Å². The molecule has 2 aromatic rings. The second-order valence-corrected chi connectivity index (χ2v) is 3.43. The monoisotopic (exact) mass is 202 g/mol. The van der Waals surface area contributed by atoms with Gasteiger partial charge >= 0.3 is 0 Å². The fourth-order valence-corrected chi connectivity index (χ4v) is 1.44. The predicted octanol–water partition coefficient (Wildman–Crippen LogP) is 1.38. The van der Waals surface area contributed by atoms with Gasteiger partial charge in [-0.1, -0.05) is 12.1 Å². The highest BCUT2D eigenvalue weighted by atomic mass is 15.1. The maximum absolute atomic E-state index is 5.62. The lowest BCUT2D eigenvalue weighted by atomic mass is 10.1. The number of nitrogen functional groups attached to an aromatic ring is 1. The van der Waals surface area contributed by atoms with Crippen LogP contribution in [0, 0.1) is 0 Å². The van der Waals surface area contributed by atoms with Crippen molar-refractivity contribution in [2.75, 3.05) is 12.8 Å². The Morgan fingerprint density at radius 1 is 1.33 bits per heavy atom. The Hall–Kier alpha value is -1.81. The third-order valence-electron chi connectivity index (χ3n) is 2.20. The van der Waals surface area contributed by atoms with Crippen LogP contribution in [0.4, 0.5) is 5.69 Å². The molecule has 0 bridgehead atoms. The largest absolute Gasteiger partial charge is 0.399 e. The molecule has 0 aliphatic carbocycles. The second-order valence-electron chi connectivity index (χ2n) is 3.43. The van der Waals surface area contributed by atoms with E-state index in [9.17, 15) is 0 Å². The molecule has 78 valence electrons. The highest BCUT2D eigenvalue weighted by Crippen LogP contribution is 2.18. The number of hydrogen-bond donors (Lipinski definition) is 3. The first-order valence-electron chi connectivity index (χ1n) is 4.84. The third-order valence-corrected chi connectivity index (χ3v) is 2.20. The zero-order valence-corrected chi connectivity index (χ0v) is 8.62. The summed E-state index contributed by atoms with van der Waals surface area (Å²) in [5.74, 6) is 0. The Labute approximate surface area is 88.5 Å². The van der Waals surface area contributed by atoms with Crippen LogP contribution in [0.2, 0.25) is 0 Å². The number of rotatable bonds is 3. The van der Waals surface area contributed by atoms with Crippen molar-refractivity contribution < 1.29 is 0 Å². The van der Waals surface area contributed by atoms with Crippen molar-refractivity contribution in [2.45, 2.75) is 6.54 Å². The molecule has 15 heavy (non-hydrogen) atoms. The van der Waals surface area contributed by atoms with Gasteiger partial charge in [0.1, 0.15) is 0 Å². The normalized spacial score (nSPS) is 10.5. The number of H-pyrrole nitrogens is 1. The van der Waals surface area contributed by atoms with Gasteiger partial charge in [0.15, 0.2) is 0 Å². The van der Waals surface area contributed by atoms with E-state index in [0.717, 1.165) is 29.2 Å². The van der Waals surface area contributed by atoms with Gasteiger partial charge in [-0.15, -0.1) is 0 Å². The zero-order valence-electron chi connectivity index (χ0n) is 8.62. The fourth-order valence-electron chi connectivity index (χ4n) is 1.44. The van der Waals surface area contributed by atoms with E-state index in [2.05, 4.69) is 15.5 Å². The van der Waals surface area contributed by atoms with Crippen LogP contribution in [0.1, 0.15) is 5.69 Å². The lowest BCUT2D eigenvalue weighted by molar-refractivity contribution is 0.784. The SMILES string of the molecule is CNCc1cc(-c2ccc(N)cc2)n[nH]1. The Morgan fingerprint density at radius 3 is 2.73 bits per heavy atom. The average molecular weight is 202 g/mol. The van der Waals surface area contributed by atoms with Gasteiger partial charge in [-0.05, 0) is 25.2 Å². The third kappa shape index (κ3) is 2.16. The molecule has 0 radical (unpaired) electrons. The van der Waals surface area contributed by atoms with Crippen LogP contribution in [0.15, 0.2) is 30.3 Å². The van der Waals surface area contributed by atoms with Crippen molar-refractivity contribution in [3.63, 3.8) is 0 Å². The number of anilines is 1. The van der Waals surface area contributed by atoms with Gasteiger partial charge < -0.3 is 11.1 Å². The Bertz CT molecular complexity index is 430. The summed E-state index contributed by atoms with van der Waals surface area (Å²) < 4.78 is 0. The standard InChI is InChI=1S/C11H14N4/c1-13-7-10-6-11(15-14-10)8-2-4-9(12)5-3-8/h2-6,13H,7,12H2,1H3,(H,14,15). The Balaban J connectivity index is 2.25. The Morgan fingerprint density at radius 2 is 2.07 bits per heavy atom. The number of benzene rings is 1. The van der Waals surface area contributed by atoms with Crippen LogP contribution in [-0.4, -0.2) is 17.2 Å². The van der Waals surface area contributed by atoms with E-state index >= 15 is 0 Å². The summed E-state index contributed by atoms with van der Waals surface area (Å²) in [6, 6.07) is 9.72. The van der Waals surface area contributed by atoms with Crippen LogP contribution < -0.4 is 11.1 Å². The molecule has 0 spiro atoms. The number of nitrogens with zero attached hydrogens (tertiary/aromatic N) is 1. The van der Waals surface area contributed by atoms with E-state index in [-0.39, 0.29) is 0 Å². The molecule has 0 saturated heterocycles. The van der Waals surface area contributed by atoms with E-state index < -0.39 is 0 Å². The first-order chi connectivity index (χ1) is 7.29. The lowest BCUT2D eigenvalue weighted by Gasteiger charge is -1.96. The number of nitrogens with one attached hydrogen (secondary N) is 2. The van der Waals surface area contributed by atoms with Gasteiger partial charge in [0, 0.05) is 23.5 Å². The molecule has 0 atom stereocenters. The average Bonchev–Trinajstić information content (AvgIpc) is 2.68. The molecule has 2 rings (SSSR count). The molecule has 0 unspecified atom stereocenters. The highest BCUT2D eigenvalue weighted by Gasteiger charge is 2.02. The minimum atomic E-state index is 0.768. The molecule has 4 heteroatoms. The maximum atomic E-state index is 5.62. The number of nitrogens with two attached hydrogens (primary N) is 1. The maximum Gasteiger partial charge on any atom is 0.0924 e. The van der Waals surface area contributed by atoms with Gasteiger partial charge in [0.2, 0.25) is 0 Å². The topological polar surface area (TPSA) is 66.7 Å². The molecule has 0 aliphatic heterocycles. The summed E-state index contributed by atoms with van der Waals surface area (Å²) in [5, 5.41) is 10.3. The molecule has 0 saturated carbocycles. The summed E-state index contributed by atoms with van der Waals surface area (Å²) in [6.45, 7) is 0.794. The first kappa shape index (κ1) is 9.73. The minimum absolute atomic E-state index is 0.768. The van der Waals surface area contributed by atoms with E-state index in [4.69, 9.17) is 5.73 Å². The molecular formula is C11H14N4. The van der Waals surface area contributed by atoms with Gasteiger partial charge in [0.05, 0.1) is 5.69 Å². The molecule has 4 N–H and O–H groups in total. The Kier molecular flexibility index (Phi) is 2.69. The highest BCUT2D eigenvalue weighted by molar-refractivity contribution is 5.61. The van der Waals surface area contributed by atoms with Crippen LogP contribution in [0.3, 0.4) is 0 Å².